The van der Waals surface area contributed by atoms with E-state index in [0.29, 0.717) is 16.9 Å². The van der Waals surface area contributed by atoms with Crippen molar-refractivity contribution >= 4 is 40.0 Å². The van der Waals surface area contributed by atoms with Gasteiger partial charge in [0.2, 0.25) is 0 Å². The van der Waals surface area contributed by atoms with Gasteiger partial charge in [0.05, 0.1) is 5.75 Å². The molecule has 2 atom stereocenters. The number of amides is 2. The summed E-state index contributed by atoms with van der Waals surface area (Å²) < 4.78 is 52.0. The summed E-state index contributed by atoms with van der Waals surface area (Å²) in [5.41, 5.74) is 0.657. The maximum Gasteiger partial charge on any atom is 0.488 e. The number of thioether (sulfide) groups is 1. The second-order valence-electron chi connectivity index (χ2n) is 8.91. The van der Waals surface area contributed by atoms with Crippen LogP contribution in [0.3, 0.4) is 0 Å². The second-order valence-corrected chi connectivity index (χ2v) is 11.0. The third kappa shape index (κ3) is 6.52. The van der Waals surface area contributed by atoms with Gasteiger partial charge < -0.3 is 19.0 Å². The van der Waals surface area contributed by atoms with Crippen LogP contribution in [0.5, 0.6) is 5.75 Å². The summed E-state index contributed by atoms with van der Waals surface area (Å²) in [5.74, 6) is -2.82. The van der Waals surface area contributed by atoms with Crippen molar-refractivity contribution in [2.45, 2.75) is 17.5 Å². The summed E-state index contributed by atoms with van der Waals surface area (Å²) in [5, 5.41) is 1.77. The molecule has 212 valence electrons. The van der Waals surface area contributed by atoms with Crippen LogP contribution in [0.2, 0.25) is 0 Å². The predicted molar refractivity (Wildman–Crippen MR) is 146 cm³/mol. The van der Waals surface area contributed by atoms with E-state index in [0.717, 1.165) is 16.7 Å². The van der Waals surface area contributed by atoms with Crippen molar-refractivity contribution in [2.75, 3.05) is 12.4 Å². The zero-order valence-corrected chi connectivity index (χ0v) is 22.8. The van der Waals surface area contributed by atoms with Crippen LogP contribution in [0.25, 0.3) is 0 Å². The minimum absolute atomic E-state index is 0.281. The van der Waals surface area contributed by atoms with Crippen molar-refractivity contribution in [2.24, 2.45) is 0 Å². The number of para-hydroxylation sites is 1. The highest BCUT2D eigenvalue weighted by atomic mass is 32.3. The van der Waals surface area contributed by atoms with Gasteiger partial charge in [-0.2, -0.15) is 8.42 Å². The van der Waals surface area contributed by atoms with E-state index in [9.17, 15) is 26.7 Å². The Bertz CT molecular complexity index is 1530. The highest BCUT2D eigenvalue weighted by Gasteiger charge is 2.55. The minimum atomic E-state index is -5.53. The van der Waals surface area contributed by atoms with Gasteiger partial charge >= 0.3 is 16.5 Å². The molecule has 0 aromatic heterocycles. The lowest BCUT2D eigenvalue weighted by Crippen LogP contribution is -2.71. The van der Waals surface area contributed by atoms with Crippen LogP contribution in [0.4, 0.5) is 3.89 Å². The van der Waals surface area contributed by atoms with E-state index in [1.54, 1.807) is 91.0 Å². The number of halogens is 1. The molecule has 1 fully saturated rings. The van der Waals surface area contributed by atoms with Crippen LogP contribution in [-0.2, 0) is 33.8 Å². The molecule has 3 aromatic rings. The fraction of sp³-hybridized carbons (Fsp3) is 0.179. The number of carbonyl (C=O) groups is 3. The molecule has 1 unspecified atom stereocenters. The Morgan fingerprint density at radius 3 is 2.07 bits per heavy atom. The number of fused-ring (bicyclic) bond motifs is 1. The molecule has 0 spiro atoms. The van der Waals surface area contributed by atoms with Crippen LogP contribution in [0.15, 0.2) is 102 Å². The Morgan fingerprint density at radius 1 is 0.951 bits per heavy atom. The summed E-state index contributed by atoms with van der Waals surface area (Å²) in [6, 6.07) is 25.1. The Kier molecular flexibility index (Phi) is 8.26. The Hall–Kier alpha value is -4.36. The van der Waals surface area contributed by atoms with Crippen LogP contribution in [0, 0.1) is 0 Å². The number of β-lactam (4-membered cyclic amide) rings is 1. The van der Waals surface area contributed by atoms with E-state index in [-0.39, 0.29) is 12.4 Å². The van der Waals surface area contributed by atoms with Crippen molar-refractivity contribution in [3.63, 3.8) is 0 Å². The second kappa shape index (κ2) is 12.0. The monoisotopic (exact) mass is 598 g/mol. The Labute approximate surface area is 239 Å². The first-order valence-corrected chi connectivity index (χ1v) is 14.7. The number of nitrogens with zero attached hydrogens (tertiary/aromatic N) is 1. The summed E-state index contributed by atoms with van der Waals surface area (Å²) in [7, 11) is -5.53. The molecule has 2 aliphatic heterocycles. The normalized spacial score (nSPS) is 18.3. The van der Waals surface area contributed by atoms with E-state index in [1.807, 2.05) is 0 Å². The molecule has 5 rings (SSSR count). The Balaban J connectivity index is 1.37. The number of nitrogens with one attached hydrogen (secondary N) is 1. The molecule has 2 amide bonds. The lowest BCUT2D eigenvalue weighted by molar-refractivity contribution is -0.155. The molecular formula is C28H23FN2O8S2. The molecule has 0 aliphatic carbocycles. The third-order valence-corrected chi connectivity index (χ3v) is 7.84. The number of carbonyl (C=O) groups excluding carboxylic acids is 3. The average Bonchev–Trinajstić information content (AvgIpc) is 2.98. The highest BCUT2D eigenvalue weighted by molar-refractivity contribution is 8.00. The molecular weight excluding hydrogens is 575 g/mol. The van der Waals surface area contributed by atoms with Gasteiger partial charge in [0.25, 0.3) is 11.8 Å². The van der Waals surface area contributed by atoms with Crippen molar-refractivity contribution < 1.29 is 40.3 Å². The van der Waals surface area contributed by atoms with Gasteiger partial charge in [-0.05, 0) is 23.3 Å². The van der Waals surface area contributed by atoms with Gasteiger partial charge in [0, 0.05) is 0 Å². The van der Waals surface area contributed by atoms with Gasteiger partial charge in [0.15, 0.2) is 24.2 Å². The fourth-order valence-corrected chi connectivity index (χ4v) is 6.10. The van der Waals surface area contributed by atoms with Gasteiger partial charge in [-0.25, -0.2) is 4.79 Å². The fourth-order valence-electron chi connectivity index (χ4n) is 4.39. The lowest BCUT2D eigenvalue weighted by Gasteiger charge is -2.49. The number of ether oxygens (including phenoxy) is 2. The number of hydrogen-bond acceptors (Lipinski definition) is 9. The predicted octanol–water partition coefficient (Wildman–Crippen LogP) is 3.24. The maximum absolute atomic E-state index is 13.6. The molecule has 0 bridgehead atoms. The summed E-state index contributed by atoms with van der Waals surface area (Å²) in [4.78, 5) is 40.2. The third-order valence-electron chi connectivity index (χ3n) is 6.19. The van der Waals surface area contributed by atoms with Crippen molar-refractivity contribution in [1.29, 1.82) is 0 Å². The highest BCUT2D eigenvalue weighted by Crippen LogP contribution is 2.42. The molecule has 10 nitrogen and oxygen atoms in total. The molecule has 1 saturated heterocycles. The first kappa shape index (κ1) is 28.2. The molecule has 3 aromatic carbocycles. The van der Waals surface area contributed by atoms with Gasteiger partial charge in [-0.15, -0.1) is 11.8 Å². The van der Waals surface area contributed by atoms with Crippen LogP contribution >= 0.6 is 11.8 Å². The van der Waals surface area contributed by atoms with Crippen molar-refractivity contribution in [3.05, 3.63) is 114 Å². The molecule has 2 aliphatic rings. The topological polar surface area (TPSA) is 128 Å². The number of esters is 1. The van der Waals surface area contributed by atoms with Gasteiger partial charge in [0.1, 0.15) is 17.2 Å². The average molecular weight is 599 g/mol. The summed E-state index contributed by atoms with van der Waals surface area (Å²) in [6.07, 6.45) is -0.935. The zero-order chi connectivity index (χ0) is 29.0. The van der Waals surface area contributed by atoms with E-state index < -0.39 is 57.3 Å². The molecule has 1 N–H and O–H groups in total. The molecule has 0 saturated carbocycles. The number of rotatable bonds is 10. The summed E-state index contributed by atoms with van der Waals surface area (Å²) >= 11 is 0.991. The van der Waals surface area contributed by atoms with Crippen LogP contribution in [0.1, 0.15) is 17.2 Å². The number of benzene rings is 3. The number of hydrogen-bond donors (Lipinski definition) is 1. The molecule has 0 radical (unpaired) electrons. The standard InChI is InChI=1S/C28H23FN2O8S2/c29-41(35,36)39-21-17-40-27-23(30-22(32)16-37-20-14-8-3-9-15-20)26(33)31(27)24(21)28(34)38-25(18-10-4-1-5-11-18)19-12-6-2-7-13-19/h1-15,23,25,27H,16-17H2,(H,30,32)/t23?,27-/m1/s1. The zero-order valence-electron chi connectivity index (χ0n) is 21.2. The SMILES string of the molecule is O=C(COc1ccccc1)NC1C(=O)N2C(C(=O)OC(c3ccccc3)c3ccccc3)=C(OS(=O)(=O)F)CS[C@H]12. The summed E-state index contributed by atoms with van der Waals surface area (Å²) in [6.45, 7) is -0.361. The first-order valence-electron chi connectivity index (χ1n) is 12.3. The van der Waals surface area contributed by atoms with Crippen LogP contribution in [-0.4, -0.2) is 54.9 Å². The molecule has 2 heterocycles. The maximum atomic E-state index is 13.6. The van der Waals surface area contributed by atoms with Gasteiger partial charge in [-0.3, -0.25) is 14.5 Å². The Morgan fingerprint density at radius 2 is 1.51 bits per heavy atom. The largest absolute Gasteiger partial charge is 0.488 e. The van der Waals surface area contributed by atoms with E-state index in [4.69, 9.17) is 9.47 Å². The van der Waals surface area contributed by atoms with Crippen LogP contribution < -0.4 is 10.1 Å². The molecule has 41 heavy (non-hydrogen) atoms. The molecule has 13 heteroatoms. The first-order chi connectivity index (χ1) is 19.7. The smallest absolute Gasteiger partial charge is 0.484 e. The minimum Gasteiger partial charge on any atom is -0.484 e. The van der Waals surface area contributed by atoms with Crippen molar-refractivity contribution in [3.8, 4) is 5.75 Å². The quantitative estimate of drug-likeness (QED) is 0.213. The van der Waals surface area contributed by atoms with E-state index in [2.05, 4.69) is 9.50 Å². The van der Waals surface area contributed by atoms with Gasteiger partial charge in [-0.1, -0.05) is 82.7 Å². The van der Waals surface area contributed by atoms with E-state index >= 15 is 0 Å². The lowest BCUT2D eigenvalue weighted by atomic mass is 10.0. The van der Waals surface area contributed by atoms with Crippen molar-refractivity contribution in [1.82, 2.24) is 10.2 Å². The van der Waals surface area contributed by atoms with E-state index in [1.165, 1.54) is 0 Å².